The molecule has 1 N–H and O–H groups in total. The molecule has 0 unspecified atom stereocenters. The van der Waals surface area contributed by atoms with Crippen LogP contribution in [0.3, 0.4) is 0 Å². The first-order valence-corrected chi connectivity index (χ1v) is 6.68. The lowest BCUT2D eigenvalue weighted by Gasteiger charge is -2.29. The van der Waals surface area contributed by atoms with E-state index in [1.54, 1.807) is 12.1 Å². The number of nitrogens with one attached hydrogen (secondary N) is 1. The number of hydrogen-bond donors (Lipinski definition) is 1. The van der Waals surface area contributed by atoms with Crippen LogP contribution in [-0.2, 0) is 15.5 Å². The Morgan fingerprint density at radius 2 is 1.95 bits per heavy atom. The maximum absolute atomic E-state index is 13.2. The molecule has 1 aliphatic rings. The highest BCUT2D eigenvalue weighted by molar-refractivity contribution is 5.72. The average Bonchev–Trinajstić information content (AvgIpc) is 2.46. The van der Waals surface area contributed by atoms with Crippen LogP contribution in [0.4, 0.5) is 8.78 Å². The molecule has 110 valence electrons. The van der Waals surface area contributed by atoms with Crippen LogP contribution < -0.4 is 5.32 Å². The quantitative estimate of drug-likeness (QED) is 0.867. The molecule has 1 heterocycles. The van der Waals surface area contributed by atoms with Gasteiger partial charge in [0.1, 0.15) is 0 Å². The van der Waals surface area contributed by atoms with Gasteiger partial charge in [-0.05, 0) is 17.9 Å². The van der Waals surface area contributed by atoms with Gasteiger partial charge in [0.2, 0.25) is 0 Å². The van der Waals surface area contributed by atoms with Crippen LogP contribution in [0.5, 0.6) is 0 Å². The first-order chi connectivity index (χ1) is 9.41. The average molecular weight is 283 g/mol. The van der Waals surface area contributed by atoms with Crippen molar-refractivity contribution in [2.75, 3.05) is 20.2 Å². The van der Waals surface area contributed by atoms with Gasteiger partial charge in [0.15, 0.2) is 0 Å². The zero-order valence-corrected chi connectivity index (χ0v) is 11.7. The van der Waals surface area contributed by atoms with Crippen LogP contribution in [0, 0.1) is 5.92 Å². The van der Waals surface area contributed by atoms with Crippen LogP contribution in [0.25, 0.3) is 0 Å². The fourth-order valence-electron chi connectivity index (χ4n) is 2.59. The number of halogens is 2. The van der Waals surface area contributed by atoms with Crippen LogP contribution in [0.1, 0.15) is 30.4 Å². The van der Waals surface area contributed by atoms with Crippen molar-refractivity contribution in [3.8, 4) is 0 Å². The van der Waals surface area contributed by atoms with Crippen molar-refractivity contribution in [3.05, 3.63) is 35.4 Å². The van der Waals surface area contributed by atoms with Gasteiger partial charge in [0.05, 0.1) is 13.0 Å². The Kier molecular flexibility index (Phi) is 4.38. The summed E-state index contributed by atoms with van der Waals surface area (Å²) >= 11 is 0. The molecule has 1 saturated heterocycles. The van der Waals surface area contributed by atoms with E-state index in [1.165, 1.54) is 19.2 Å². The first-order valence-electron chi connectivity index (χ1n) is 6.68. The molecule has 1 aromatic rings. The maximum atomic E-state index is 13.2. The van der Waals surface area contributed by atoms with E-state index in [0.29, 0.717) is 13.0 Å². The van der Waals surface area contributed by atoms with E-state index < -0.39 is 5.92 Å². The van der Waals surface area contributed by atoms with Crippen LogP contribution in [-0.4, -0.2) is 26.2 Å². The van der Waals surface area contributed by atoms with E-state index in [1.807, 2.05) is 0 Å². The second-order valence-corrected chi connectivity index (χ2v) is 5.32. The van der Waals surface area contributed by atoms with Gasteiger partial charge in [-0.2, -0.15) is 0 Å². The molecule has 0 spiro atoms. The number of esters is 1. The van der Waals surface area contributed by atoms with Gasteiger partial charge >= 0.3 is 5.97 Å². The second-order valence-electron chi connectivity index (χ2n) is 5.32. The molecule has 1 aliphatic heterocycles. The van der Waals surface area contributed by atoms with Crippen LogP contribution in [0.15, 0.2) is 24.3 Å². The van der Waals surface area contributed by atoms with Crippen molar-refractivity contribution in [1.82, 2.24) is 5.32 Å². The highest BCUT2D eigenvalue weighted by atomic mass is 19.3. The number of rotatable bonds is 3. The molecule has 0 aliphatic carbocycles. The first kappa shape index (κ1) is 14.9. The smallest absolute Gasteiger partial charge is 0.309 e. The summed E-state index contributed by atoms with van der Waals surface area (Å²) in [6, 6.07) is 6.35. The minimum absolute atomic E-state index is 0.00883. The molecule has 0 radical (unpaired) electrons. The topological polar surface area (TPSA) is 38.3 Å². The summed E-state index contributed by atoms with van der Waals surface area (Å²) in [6.07, 6.45) is 0.682. The Bertz CT molecular complexity index is 468. The molecule has 3 nitrogen and oxygen atoms in total. The fraction of sp³-hybridized carbons (Fsp3) is 0.533. The molecule has 20 heavy (non-hydrogen) atoms. The Morgan fingerprint density at radius 3 is 2.50 bits per heavy atom. The third-order valence-electron chi connectivity index (χ3n) is 3.77. The van der Waals surface area contributed by atoms with Crippen LogP contribution in [0.2, 0.25) is 0 Å². The molecule has 0 bridgehead atoms. The van der Waals surface area contributed by atoms with E-state index in [9.17, 15) is 13.6 Å². The Morgan fingerprint density at radius 1 is 1.30 bits per heavy atom. The van der Waals surface area contributed by atoms with Gasteiger partial charge < -0.3 is 10.1 Å². The Balaban J connectivity index is 2.09. The highest BCUT2D eigenvalue weighted by Crippen LogP contribution is 2.31. The Hall–Kier alpha value is -1.49. The molecule has 0 amide bonds. The molecule has 0 aromatic heterocycles. The highest BCUT2D eigenvalue weighted by Gasteiger charge is 2.29. The number of carbonyl (C=O) groups is 1. The number of alkyl halides is 2. The summed E-state index contributed by atoms with van der Waals surface area (Å²) in [6.45, 7) is 2.24. The summed E-state index contributed by atoms with van der Waals surface area (Å²) in [7, 11) is 1.38. The number of methoxy groups -OCH3 is 1. The zero-order chi connectivity index (χ0) is 14.8. The van der Waals surface area contributed by atoms with Crippen molar-refractivity contribution in [2.24, 2.45) is 5.92 Å². The van der Waals surface area contributed by atoms with Gasteiger partial charge in [-0.25, -0.2) is 8.78 Å². The molecule has 2 atom stereocenters. The molecule has 2 rings (SSSR count). The summed E-state index contributed by atoms with van der Waals surface area (Å²) < 4.78 is 31.1. The monoisotopic (exact) mass is 283 g/mol. The van der Waals surface area contributed by atoms with Crippen molar-refractivity contribution in [2.45, 2.75) is 25.2 Å². The summed E-state index contributed by atoms with van der Waals surface area (Å²) in [4.78, 5) is 11.6. The van der Waals surface area contributed by atoms with Gasteiger partial charge in [-0.15, -0.1) is 0 Å². The largest absolute Gasteiger partial charge is 0.469 e. The lowest BCUT2D eigenvalue weighted by Crippen LogP contribution is -2.39. The maximum Gasteiger partial charge on any atom is 0.309 e. The van der Waals surface area contributed by atoms with Crippen LogP contribution >= 0.6 is 0 Å². The van der Waals surface area contributed by atoms with Crippen molar-refractivity contribution >= 4 is 5.97 Å². The zero-order valence-electron chi connectivity index (χ0n) is 11.7. The predicted molar refractivity (Wildman–Crippen MR) is 71.7 cm³/mol. The molecule has 0 saturated carbocycles. The number of ether oxygens (including phenoxy) is 1. The summed E-state index contributed by atoms with van der Waals surface area (Å²) in [5.74, 6) is -3.07. The van der Waals surface area contributed by atoms with Crippen molar-refractivity contribution in [1.29, 1.82) is 0 Å². The summed E-state index contributed by atoms with van der Waals surface area (Å²) in [5.41, 5.74) is 0.980. The van der Waals surface area contributed by atoms with Gasteiger partial charge in [0, 0.05) is 25.6 Å². The van der Waals surface area contributed by atoms with E-state index >= 15 is 0 Å². The fourth-order valence-corrected chi connectivity index (χ4v) is 2.59. The lowest BCUT2D eigenvalue weighted by molar-refractivity contribution is -0.146. The third-order valence-corrected chi connectivity index (χ3v) is 3.77. The molecular formula is C15H19F2NO2. The lowest BCUT2D eigenvalue weighted by atomic mass is 9.85. The number of carbonyl (C=O) groups excluding carboxylic acids is 1. The van der Waals surface area contributed by atoms with E-state index in [4.69, 9.17) is 4.74 Å². The second kappa shape index (κ2) is 5.87. The van der Waals surface area contributed by atoms with E-state index in [-0.39, 0.29) is 23.4 Å². The predicted octanol–water partition coefficient (Wildman–Crippen LogP) is 2.66. The molecule has 5 heteroatoms. The van der Waals surface area contributed by atoms with E-state index in [0.717, 1.165) is 19.0 Å². The number of piperidine rings is 1. The minimum atomic E-state index is -2.82. The van der Waals surface area contributed by atoms with Gasteiger partial charge in [-0.3, -0.25) is 4.79 Å². The Labute approximate surface area is 117 Å². The number of benzene rings is 1. The molecule has 1 aromatic carbocycles. The minimum Gasteiger partial charge on any atom is -0.469 e. The molecule has 1 fully saturated rings. The molecular weight excluding hydrogens is 264 g/mol. The van der Waals surface area contributed by atoms with E-state index in [2.05, 4.69) is 5.32 Å². The summed E-state index contributed by atoms with van der Waals surface area (Å²) in [5, 5.41) is 3.19. The normalized spacial score (nSPS) is 23.4. The SMILES string of the molecule is COC(=O)[C@@H]1CNC[C@@H](c2ccc(C(C)(F)F)cc2)C1. The van der Waals surface area contributed by atoms with Gasteiger partial charge in [0.25, 0.3) is 5.92 Å². The third kappa shape index (κ3) is 3.33. The number of hydrogen-bond acceptors (Lipinski definition) is 3. The van der Waals surface area contributed by atoms with Crippen molar-refractivity contribution < 1.29 is 18.3 Å². The standard InChI is InChI=1S/C15H19F2NO2/c1-15(16,17)13-5-3-10(4-6-13)11-7-12(9-18-8-11)14(19)20-2/h3-6,11-12,18H,7-9H2,1-2H3/t11-,12-/m0/s1. The van der Waals surface area contributed by atoms with Crippen molar-refractivity contribution in [3.63, 3.8) is 0 Å². The van der Waals surface area contributed by atoms with Gasteiger partial charge in [-0.1, -0.05) is 24.3 Å².